The number of aliphatic hydroxyl groups is 4. The SMILES string of the molecule is O=C(O)C1=CO[C@@H](O[C@@H]2O[C@H](CO)[C@@H](O)[C@H](O)[C@H]2O)[C@@H]2[C@@H](COC(=O)c3ccccc3)CC[C@H]12. The molecule has 0 amide bonds. The van der Waals surface area contributed by atoms with Crippen LogP contribution in [0.2, 0.25) is 0 Å². The van der Waals surface area contributed by atoms with E-state index >= 15 is 0 Å². The van der Waals surface area contributed by atoms with Gasteiger partial charge in [0, 0.05) is 17.8 Å². The van der Waals surface area contributed by atoms with Crippen molar-refractivity contribution in [3.8, 4) is 0 Å². The van der Waals surface area contributed by atoms with Gasteiger partial charge in [-0.25, -0.2) is 9.59 Å². The summed E-state index contributed by atoms with van der Waals surface area (Å²) in [6.07, 6.45) is -6.39. The summed E-state index contributed by atoms with van der Waals surface area (Å²) in [6, 6.07) is 8.45. The zero-order valence-corrected chi connectivity index (χ0v) is 18.2. The average Bonchev–Trinajstić information content (AvgIpc) is 3.27. The standard InChI is InChI=1S/C23H28O11/c24-8-15-17(25)18(26)19(27)23(33-15)34-22-16-12(6-7-13(16)14(10-32-22)20(28)29)9-31-21(30)11-4-2-1-3-5-11/h1-5,10,12-13,15-19,22-27H,6-9H2,(H,28,29)/t12-,13-,15-,16-,17-,18+,19-,22+,23+/m1/s1. The van der Waals surface area contributed by atoms with Gasteiger partial charge in [0.05, 0.1) is 30.6 Å². The number of hydrogen-bond donors (Lipinski definition) is 5. The molecule has 186 valence electrons. The molecule has 5 N–H and O–H groups in total. The van der Waals surface area contributed by atoms with Crippen LogP contribution in [0.3, 0.4) is 0 Å². The second-order valence-corrected chi connectivity index (χ2v) is 8.70. The number of carboxylic acid groups (broad SMARTS) is 1. The van der Waals surface area contributed by atoms with E-state index in [2.05, 4.69) is 0 Å². The topological polar surface area (TPSA) is 172 Å². The van der Waals surface area contributed by atoms with Crippen LogP contribution < -0.4 is 0 Å². The smallest absolute Gasteiger partial charge is 0.338 e. The first kappa shape index (κ1) is 24.6. The molecule has 1 aromatic carbocycles. The van der Waals surface area contributed by atoms with Crippen LogP contribution in [-0.4, -0.2) is 87.7 Å². The van der Waals surface area contributed by atoms with Gasteiger partial charge in [0.15, 0.2) is 6.29 Å². The minimum Gasteiger partial charge on any atom is -0.478 e. The third-order valence-electron chi connectivity index (χ3n) is 6.70. The van der Waals surface area contributed by atoms with Gasteiger partial charge in [0.1, 0.15) is 24.4 Å². The predicted octanol–water partition coefficient (Wildman–Crippen LogP) is -0.373. The highest BCUT2D eigenvalue weighted by Crippen LogP contribution is 2.47. The first-order chi connectivity index (χ1) is 16.3. The maximum Gasteiger partial charge on any atom is 0.338 e. The van der Waals surface area contributed by atoms with Gasteiger partial charge in [-0.1, -0.05) is 18.2 Å². The fourth-order valence-electron chi connectivity index (χ4n) is 4.88. The van der Waals surface area contributed by atoms with Crippen molar-refractivity contribution in [2.24, 2.45) is 17.8 Å². The van der Waals surface area contributed by atoms with Gasteiger partial charge in [0.2, 0.25) is 6.29 Å². The summed E-state index contributed by atoms with van der Waals surface area (Å²) in [5, 5.41) is 49.3. The van der Waals surface area contributed by atoms with Crippen LogP contribution in [0.1, 0.15) is 23.2 Å². The Morgan fingerprint density at radius 3 is 2.41 bits per heavy atom. The van der Waals surface area contributed by atoms with Crippen molar-refractivity contribution >= 4 is 11.9 Å². The third-order valence-corrected chi connectivity index (χ3v) is 6.70. The van der Waals surface area contributed by atoms with Crippen molar-refractivity contribution in [3.05, 3.63) is 47.7 Å². The molecule has 2 aliphatic heterocycles. The van der Waals surface area contributed by atoms with Crippen LogP contribution >= 0.6 is 0 Å². The van der Waals surface area contributed by atoms with E-state index in [1.54, 1.807) is 30.3 Å². The van der Waals surface area contributed by atoms with E-state index in [0.717, 1.165) is 6.26 Å². The number of carbonyl (C=O) groups is 2. The number of fused-ring (bicyclic) bond motifs is 1. The van der Waals surface area contributed by atoms with Crippen molar-refractivity contribution in [1.82, 2.24) is 0 Å². The number of aliphatic hydroxyl groups excluding tert-OH is 4. The molecule has 0 spiro atoms. The predicted molar refractivity (Wildman–Crippen MR) is 112 cm³/mol. The fraction of sp³-hybridized carbons (Fsp3) is 0.565. The van der Waals surface area contributed by atoms with Gasteiger partial charge < -0.3 is 44.5 Å². The molecule has 1 saturated carbocycles. The number of hydrogen-bond acceptors (Lipinski definition) is 10. The Hall–Kier alpha value is -2.54. The number of aliphatic carboxylic acids is 1. The Bertz CT molecular complexity index is 901. The zero-order valence-electron chi connectivity index (χ0n) is 18.2. The molecule has 3 aliphatic rings. The molecule has 11 nitrogen and oxygen atoms in total. The third kappa shape index (κ3) is 4.81. The number of rotatable bonds is 7. The summed E-state index contributed by atoms with van der Waals surface area (Å²) in [4.78, 5) is 24.1. The molecule has 34 heavy (non-hydrogen) atoms. The first-order valence-corrected chi connectivity index (χ1v) is 11.1. The highest BCUT2D eigenvalue weighted by molar-refractivity contribution is 5.89. The van der Waals surface area contributed by atoms with Gasteiger partial charge >= 0.3 is 11.9 Å². The lowest BCUT2D eigenvalue weighted by Gasteiger charge is -2.43. The molecule has 11 heteroatoms. The largest absolute Gasteiger partial charge is 0.478 e. The normalized spacial score (nSPS) is 37.3. The van der Waals surface area contributed by atoms with E-state index in [-0.39, 0.29) is 18.1 Å². The molecule has 0 radical (unpaired) electrons. The molecule has 2 fully saturated rings. The number of carbonyl (C=O) groups excluding carboxylic acids is 1. The van der Waals surface area contributed by atoms with Gasteiger partial charge in [-0.15, -0.1) is 0 Å². The monoisotopic (exact) mass is 480 g/mol. The molecule has 1 aliphatic carbocycles. The van der Waals surface area contributed by atoms with Gasteiger partial charge in [-0.3, -0.25) is 0 Å². The molecule has 0 aromatic heterocycles. The van der Waals surface area contributed by atoms with Crippen molar-refractivity contribution in [2.75, 3.05) is 13.2 Å². The number of carboxylic acids is 1. The summed E-state index contributed by atoms with van der Waals surface area (Å²) < 4.78 is 22.3. The van der Waals surface area contributed by atoms with Gasteiger partial charge in [-0.05, 0) is 25.0 Å². The van der Waals surface area contributed by atoms with E-state index < -0.39 is 67.4 Å². The van der Waals surface area contributed by atoms with Gasteiger partial charge in [-0.2, -0.15) is 0 Å². The molecular formula is C23H28O11. The second kappa shape index (κ2) is 10.4. The Morgan fingerprint density at radius 1 is 1.00 bits per heavy atom. The quantitative estimate of drug-likeness (QED) is 0.322. The minimum absolute atomic E-state index is 0.000303. The van der Waals surface area contributed by atoms with E-state index in [4.69, 9.17) is 18.9 Å². The van der Waals surface area contributed by atoms with Crippen LogP contribution in [0.25, 0.3) is 0 Å². The van der Waals surface area contributed by atoms with E-state index in [1.807, 2.05) is 0 Å². The van der Waals surface area contributed by atoms with Crippen molar-refractivity contribution in [3.63, 3.8) is 0 Å². The fourth-order valence-corrected chi connectivity index (χ4v) is 4.88. The van der Waals surface area contributed by atoms with Crippen molar-refractivity contribution < 1.29 is 54.1 Å². The Labute approximate surface area is 195 Å². The number of ether oxygens (including phenoxy) is 4. The van der Waals surface area contributed by atoms with Gasteiger partial charge in [0.25, 0.3) is 0 Å². The number of benzene rings is 1. The van der Waals surface area contributed by atoms with Crippen molar-refractivity contribution in [1.29, 1.82) is 0 Å². The lowest BCUT2D eigenvalue weighted by Crippen LogP contribution is -2.60. The Kier molecular flexibility index (Phi) is 7.51. The van der Waals surface area contributed by atoms with E-state index in [0.29, 0.717) is 18.4 Å². The highest BCUT2D eigenvalue weighted by Gasteiger charge is 2.52. The van der Waals surface area contributed by atoms with E-state index in [1.165, 1.54) is 0 Å². The zero-order chi connectivity index (χ0) is 24.4. The summed E-state index contributed by atoms with van der Waals surface area (Å²) in [5.74, 6) is -2.96. The Balaban J connectivity index is 1.50. The highest BCUT2D eigenvalue weighted by atomic mass is 16.8. The van der Waals surface area contributed by atoms with Crippen LogP contribution in [0.5, 0.6) is 0 Å². The minimum atomic E-state index is -1.64. The average molecular weight is 480 g/mol. The first-order valence-electron chi connectivity index (χ1n) is 11.1. The summed E-state index contributed by atoms with van der Waals surface area (Å²) >= 11 is 0. The van der Waals surface area contributed by atoms with Crippen LogP contribution in [-0.2, 0) is 23.7 Å². The lowest BCUT2D eigenvalue weighted by molar-refractivity contribution is -0.342. The molecule has 4 rings (SSSR count). The second-order valence-electron chi connectivity index (χ2n) is 8.70. The molecule has 1 aromatic rings. The van der Waals surface area contributed by atoms with Crippen LogP contribution in [0.4, 0.5) is 0 Å². The van der Waals surface area contributed by atoms with Crippen molar-refractivity contribution in [2.45, 2.75) is 49.8 Å². The van der Waals surface area contributed by atoms with E-state index in [9.17, 15) is 35.1 Å². The molecule has 2 heterocycles. The summed E-state index contributed by atoms with van der Waals surface area (Å²) in [5.41, 5.74) is 0.452. The molecule has 0 bridgehead atoms. The Morgan fingerprint density at radius 2 is 1.74 bits per heavy atom. The number of esters is 1. The molecular weight excluding hydrogens is 452 g/mol. The molecule has 1 saturated heterocycles. The maximum absolute atomic E-state index is 12.4. The lowest BCUT2D eigenvalue weighted by atomic mass is 9.83. The summed E-state index contributed by atoms with van der Waals surface area (Å²) in [7, 11) is 0. The van der Waals surface area contributed by atoms with Crippen LogP contribution in [0, 0.1) is 17.8 Å². The maximum atomic E-state index is 12.4. The molecule has 9 atom stereocenters. The van der Waals surface area contributed by atoms with Crippen LogP contribution in [0.15, 0.2) is 42.2 Å². The molecule has 0 unspecified atom stereocenters. The summed E-state index contributed by atoms with van der Waals surface area (Å²) in [6.45, 7) is -0.622.